The van der Waals surface area contributed by atoms with E-state index in [0.29, 0.717) is 43.6 Å². The minimum atomic E-state index is 0.0221. The van der Waals surface area contributed by atoms with E-state index in [0.717, 1.165) is 0 Å². The third-order valence-corrected chi connectivity index (χ3v) is 21.1. The van der Waals surface area contributed by atoms with Crippen LogP contribution in [0.2, 0.25) is 0 Å². The highest BCUT2D eigenvalue weighted by atomic mass is 32.2. The van der Waals surface area contributed by atoms with E-state index in [9.17, 15) is 0 Å². The minimum absolute atomic E-state index is 0.0221. The van der Waals surface area contributed by atoms with Crippen LogP contribution in [0.5, 0.6) is 0 Å². The maximum atomic E-state index is 4.26. The van der Waals surface area contributed by atoms with Crippen molar-refractivity contribution >= 4 is 43.6 Å². The third-order valence-electron chi connectivity index (χ3n) is 13.9. The molecule has 8 bridgehead atoms. The average molecular weight is 721 g/mol. The lowest BCUT2D eigenvalue weighted by Gasteiger charge is -2.39. The summed E-state index contributed by atoms with van der Waals surface area (Å²) in [6.45, 7) is 0. The largest absolute Gasteiger partial charge is 0.361 e. The summed E-state index contributed by atoms with van der Waals surface area (Å²) in [4.78, 5) is 17.0. The smallest absolute Gasteiger partial charge is 0.109 e. The van der Waals surface area contributed by atoms with Crippen molar-refractivity contribution in [3.8, 4) is 0 Å². The first-order valence-electron chi connectivity index (χ1n) is 18.4. The van der Waals surface area contributed by atoms with E-state index in [1.54, 1.807) is 0 Å². The van der Waals surface area contributed by atoms with Crippen molar-refractivity contribution in [3.63, 3.8) is 0 Å². The molecule has 4 aromatic heterocycles. The fourth-order valence-corrected chi connectivity index (χ4v) is 16.6. The first-order chi connectivity index (χ1) is 23.2. The SMILES string of the molecule is C[S+]1CCC2(CC1)c1ccc([nH]1)C1(CC[S+](C)CC1)c1ccc([nH]1)C1(CC[S+](C)CC1)c1ccc([nH]1)C1(CC[S+](C)CC1)c1ccc2[nH]1. The summed E-state index contributed by atoms with van der Waals surface area (Å²) < 4.78 is 0. The van der Waals surface area contributed by atoms with Crippen LogP contribution in [0.25, 0.3) is 0 Å². The number of hydrogen-bond donors (Lipinski definition) is 4. The van der Waals surface area contributed by atoms with Gasteiger partial charge in [0.2, 0.25) is 0 Å². The van der Waals surface area contributed by atoms with Gasteiger partial charge in [-0.2, -0.15) is 0 Å². The Kier molecular flexibility index (Phi) is 8.14. The van der Waals surface area contributed by atoms with Crippen molar-refractivity contribution in [2.24, 2.45) is 0 Å². The molecular formula is C40H56N4S4+4. The van der Waals surface area contributed by atoms with Gasteiger partial charge < -0.3 is 19.9 Å². The fraction of sp³-hybridized carbons (Fsp3) is 0.600. The van der Waals surface area contributed by atoms with Gasteiger partial charge >= 0.3 is 0 Å². The summed E-state index contributed by atoms with van der Waals surface area (Å²) in [5.41, 5.74) is 11.7. The molecule has 0 unspecified atom stereocenters. The van der Waals surface area contributed by atoms with E-state index in [2.05, 4.69) is 93.5 Å². The topological polar surface area (TPSA) is 63.2 Å². The Hall–Kier alpha value is -1.48. The molecular weight excluding hydrogens is 665 g/mol. The maximum Gasteiger partial charge on any atom is 0.109 e. The van der Waals surface area contributed by atoms with Crippen molar-refractivity contribution in [1.29, 1.82) is 0 Å². The van der Waals surface area contributed by atoms with Gasteiger partial charge in [-0.15, -0.1) is 0 Å². The molecule has 4 N–H and O–H groups in total. The fourth-order valence-electron chi connectivity index (χ4n) is 10.2. The third kappa shape index (κ3) is 4.95. The zero-order valence-electron chi connectivity index (χ0n) is 29.6. The van der Waals surface area contributed by atoms with Crippen LogP contribution in [0.3, 0.4) is 0 Å². The number of fused-ring (bicyclic) bond motifs is 16. The Labute approximate surface area is 300 Å². The van der Waals surface area contributed by atoms with E-state index >= 15 is 0 Å². The summed E-state index contributed by atoms with van der Waals surface area (Å²) in [6.07, 6.45) is 19.8. The summed E-state index contributed by atoms with van der Waals surface area (Å²) in [5.74, 6) is 10.5. The molecule has 5 aliphatic rings. The van der Waals surface area contributed by atoms with Crippen LogP contribution in [0.4, 0.5) is 0 Å². The zero-order chi connectivity index (χ0) is 32.7. The quantitative estimate of drug-likeness (QED) is 0.148. The van der Waals surface area contributed by atoms with Crippen LogP contribution >= 0.6 is 0 Å². The van der Waals surface area contributed by atoms with Crippen LogP contribution in [0.15, 0.2) is 48.5 Å². The predicted octanol–water partition coefficient (Wildman–Crippen LogP) is 6.62. The molecule has 4 fully saturated rings. The molecule has 4 aromatic rings. The van der Waals surface area contributed by atoms with Crippen LogP contribution in [0, 0.1) is 0 Å². The molecule has 48 heavy (non-hydrogen) atoms. The highest BCUT2D eigenvalue weighted by Gasteiger charge is 2.51. The average Bonchev–Trinajstić information content (AvgIpc) is 3.94. The number of aromatic amines is 4. The van der Waals surface area contributed by atoms with Crippen LogP contribution in [-0.4, -0.2) is 91.0 Å². The van der Waals surface area contributed by atoms with Crippen molar-refractivity contribution < 1.29 is 0 Å². The highest BCUT2D eigenvalue weighted by Crippen LogP contribution is 2.51. The predicted molar refractivity (Wildman–Crippen MR) is 215 cm³/mol. The molecule has 9 rings (SSSR count). The van der Waals surface area contributed by atoms with Gasteiger partial charge in [0, 0.05) is 96.9 Å². The van der Waals surface area contributed by atoms with Gasteiger partial charge in [0.05, 0.1) is 46.7 Å². The van der Waals surface area contributed by atoms with Gasteiger partial charge in [0.1, 0.15) is 46.0 Å². The Morgan fingerprint density at radius 3 is 0.604 bits per heavy atom. The van der Waals surface area contributed by atoms with Crippen LogP contribution in [-0.2, 0) is 65.2 Å². The molecule has 0 atom stereocenters. The van der Waals surface area contributed by atoms with Crippen molar-refractivity contribution in [1.82, 2.24) is 19.9 Å². The molecule has 0 amide bonds. The number of nitrogens with one attached hydrogen (secondary N) is 4. The van der Waals surface area contributed by atoms with E-state index in [1.807, 2.05) is 0 Å². The van der Waals surface area contributed by atoms with Gasteiger partial charge in [0.25, 0.3) is 0 Å². The maximum absolute atomic E-state index is 4.26. The zero-order valence-corrected chi connectivity index (χ0v) is 32.8. The van der Waals surface area contributed by atoms with Gasteiger partial charge in [-0.1, -0.05) is 0 Å². The Morgan fingerprint density at radius 1 is 0.312 bits per heavy atom. The first-order valence-corrected chi connectivity index (χ1v) is 26.3. The number of rotatable bonds is 0. The van der Waals surface area contributed by atoms with Gasteiger partial charge in [0.15, 0.2) is 0 Å². The lowest BCUT2D eigenvalue weighted by atomic mass is 9.75. The van der Waals surface area contributed by atoms with E-state index in [4.69, 9.17) is 0 Å². The Balaban J connectivity index is 1.28. The van der Waals surface area contributed by atoms with Gasteiger partial charge in [-0.25, -0.2) is 0 Å². The summed E-state index contributed by atoms with van der Waals surface area (Å²) in [6, 6.07) is 20.1. The second-order valence-corrected chi connectivity index (χ2v) is 25.7. The minimum Gasteiger partial charge on any atom is -0.361 e. The molecule has 0 radical (unpaired) electrons. The molecule has 256 valence electrons. The van der Waals surface area contributed by atoms with E-state index in [-0.39, 0.29) is 21.7 Å². The molecule has 0 saturated carbocycles. The molecule has 9 heterocycles. The second kappa shape index (κ2) is 12.1. The van der Waals surface area contributed by atoms with E-state index in [1.165, 1.54) is 143 Å². The normalized spacial score (nSPS) is 38.2. The molecule has 4 spiro atoms. The summed E-state index contributed by atoms with van der Waals surface area (Å²) in [5, 5.41) is 0. The molecule has 0 aliphatic carbocycles. The lowest BCUT2D eigenvalue weighted by molar-refractivity contribution is 0.411. The number of hydrogen-bond acceptors (Lipinski definition) is 0. The molecule has 0 aromatic carbocycles. The summed E-state index contributed by atoms with van der Waals surface area (Å²) >= 11 is 0. The number of H-pyrrole nitrogens is 4. The van der Waals surface area contributed by atoms with Crippen molar-refractivity contribution in [2.75, 3.05) is 71.0 Å². The molecule has 5 aliphatic heterocycles. The Bertz CT molecular complexity index is 1400. The molecule has 8 heteroatoms. The van der Waals surface area contributed by atoms with Gasteiger partial charge in [-0.05, 0) is 92.1 Å². The first kappa shape index (κ1) is 32.4. The Morgan fingerprint density at radius 2 is 0.458 bits per heavy atom. The molecule has 4 nitrogen and oxygen atoms in total. The van der Waals surface area contributed by atoms with Crippen molar-refractivity contribution in [3.05, 3.63) is 94.1 Å². The lowest BCUT2D eigenvalue weighted by Crippen LogP contribution is -2.42. The van der Waals surface area contributed by atoms with Crippen LogP contribution in [0.1, 0.15) is 96.9 Å². The van der Waals surface area contributed by atoms with Gasteiger partial charge in [-0.3, -0.25) is 0 Å². The monoisotopic (exact) mass is 720 g/mol. The standard InChI is InChI=1S/C40H56N4S4/c1-45-21-13-37(14-22-45)29-5-7-31(41-29)38(15-23-46(2)24-16-38)33-9-11-35(43-33)40(19-27-48(4)28-20-40)36-12-10-34(44-36)39(17-25-47(3)26-18-39)32-8-6-30(37)42-32/h5-12,41-44H,13-28H2,1-4H3/q+4. The van der Waals surface area contributed by atoms with E-state index < -0.39 is 0 Å². The van der Waals surface area contributed by atoms with Crippen LogP contribution < -0.4 is 0 Å². The highest BCUT2D eigenvalue weighted by molar-refractivity contribution is 7.97. The number of aromatic nitrogens is 4. The molecule has 4 saturated heterocycles. The summed E-state index contributed by atoms with van der Waals surface area (Å²) in [7, 11) is 2.03. The second-order valence-electron chi connectivity index (χ2n) is 16.2. The van der Waals surface area contributed by atoms with Crippen molar-refractivity contribution in [2.45, 2.75) is 73.0 Å².